The Bertz CT molecular complexity index is 1720. The summed E-state index contributed by atoms with van der Waals surface area (Å²) < 4.78 is 51.2. The zero-order valence-corrected chi connectivity index (χ0v) is 33.1. The molecule has 0 N–H and O–H groups in total. The van der Waals surface area contributed by atoms with Gasteiger partial charge >= 0.3 is 6.18 Å². The molecule has 8 bridgehead atoms. The zero-order valence-electron chi connectivity index (χ0n) is 30.8. The maximum atomic E-state index is 13.2. The second kappa shape index (κ2) is 12.4. The molecule has 12 heteroatoms. The molecule has 8 aliphatic carbocycles. The molecule has 290 valence electrons. The van der Waals surface area contributed by atoms with E-state index in [1.807, 2.05) is 27.7 Å². The fourth-order valence-electron chi connectivity index (χ4n) is 13.1. The molecule has 0 amide bonds. The Morgan fingerprint density at radius 1 is 0.623 bits per heavy atom. The lowest BCUT2D eigenvalue weighted by Crippen LogP contribution is -2.78. The molecule has 2 spiro atoms. The molecule has 12 rings (SSSR count). The van der Waals surface area contributed by atoms with Gasteiger partial charge < -0.3 is 9.47 Å². The minimum Gasteiger partial charge on any atom is -0.345 e. The molecular formula is C41H48Cl3F3O6. The van der Waals surface area contributed by atoms with Crippen molar-refractivity contribution in [1.29, 1.82) is 0 Å². The molecule has 2 aromatic carbocycles. The lowest BCUT2D eigenvalue weighted by Gasteiger charge is -2.70. The quantitative estimate of drug-likeness (QED) is 0.222. The monoisotopic (exact) mass is 798 g/mol. The molecule has 0 aromatic heterocycles. The van der Waals surface area contributed by atoms with Crippen LogP contribution in [-0.2, 0) is 40.6 Å². The average Bonchev–Trinajstić information content (AvgIpc) is 3.04. The summed E-state index contributed by atoms with van der Waals surface area (Å²) in [4.78, 5) is 23.1. The van der Waals surface area contributed by atoms with Crippen molar-refractivity contribution >= 4 is 34.8 Å². The van der Waals surface area contributed by atoms with E-state index >= 15 is 0 Å². The van der Waals surface area contributed by atoms with Gasteiger partial charge in [-0.15, -0.1) is 11.6 Å². The maximum Gasteiger partial charge on any atom is 0.411 e. The van der Waals surface area contributed by atoms with Crippen LogP contribution in [0.3, 0.4) is 0 Å². The third kappa shape index (κ3) is 5.26. The Hall–Kier alpha value is -1.14. The number of rotatable bonds is 5. The summed E-state index contributed by atoms with van der Waals surface area (Å²) in [5, 5.41) is 1.41. The Morgan fingerprint density at radius 2 is 1.04 bits per heavy atom. The van der Waals surface area contributed by atoms with Crippen LogP contribution in [0.4, 0.5) is 13.2 Å². The number of ether oxygens (including phenoxy) is 2. The number of benzene rings is 2. The fraction of sp³-hybridized carbons (Fsp3) is 0.707. The van der Waals surface area contributed by atoms with Crippen LogP contribution in [0, 0.1) is 69.1 Å². The van der Waals surface area contributed by atoms with Crippen LogP contribution < -0.4 is 0 Å². The Labute approximate surface area is 324 Å². The van der Waals surface area contributed by atoms with E-state index in [1.54, 1.807) is 19.2 Å². The maximum absolute atomic E-state index is 13.2. The third-order valence-corrected chi connectivity index (χ3v) is 16.3. The third-order valence-electron chi connectivity index (χ3n) is 14.7. The highest BCUT2D eigenvalue weighted by atomic mass is 35.5. The summed E-state index contributed by atoms with van der Waals surface area (Å²) >= 11 is 19.6. The van der Waals surface area contributed by atoms with Crippen LogP contribution in [-0.4, -0.2) is 36.0 Å². The lowest BCUT2D eigenvalue weighted by atomic mass is 9.46. The normalized spacial score (nSPS) is 44.2. The van der Waals surface area contributed by atoms with Crippen LogP contribution in [0.2, 0.25) is 10.0 Å². The first-order valence-electron chi connectivity index (χ1n) is 19.2. The van der Waals surface area contributed by atoms with E-state index in [4.69, 9.17) is 63.8 Å². The van der Waals surface area contributed by atoms with Crippen molar-refractivity contribution in [1.82, 2.24) is 0 Å². The van der Waals surface area contributed by atoms with Crippen molar-refractivity contribution in [2.45, 2.75) is 126 Å². The Kier molecular flexibility index (Phi) is 8.78. The van der Waals surface area contributed by atoms with Crippen LogP contribution in [0.5, 0.6) is 0 Å². The summed E-state index contributed by atoms with van der Waals surface area (Å²) in [6.07, 6.45) is 6.11. The van der Waals surface area contributed by atoms with E-state index in [9.17, 15) is 13.2 Å². The van der Waals surface area contributed by atoms with Gasteiger partial charge in [0.25, 0.3) is 11.6 Å². The van der Waals surface area contributed by atoms with Gasteiger partial charge in [0.1, 0.15) is 6.61 Å². The van der Waals surface area contributed by atoms with Crippen molar-refractivity contribution in [3.05, 3.63) is 67.7 Å². The number of hydrogen-bond acceptors (Lipinski definition) is 6. The molecule has 4 atom stereocenters. The fourth-order valence-corrected chi connectivity index (χ4v) is 13.9. The van der Waals surface area contributed by atoms with Gasteiger partial charge in [0.15, 0.2) is 11.2 Å². The molecule has 2 aromatic rings. The van der Waals surface area contributed by atoms with Gasteiger partial charge in [-0.3, -0.25) is 0 Å². The molecular weight excluding hydrogens is 752 g/mol. The smallest absolute Gasteiger partial charge is 0.345 e. The van der Waals surface area contributed by atoms with Gasteiger partial charge in [-0.2, -0.15) is 22.9 Å². The average molecular weight is 800 g/mol. The summed E-state index contributed by atoms with van der Waals surface area (Å²) in [6, 6.07) is 7.76. The van der Waals surface area contributed by atoms with Gasteiger partial charge in [0, 0.05) is 33.2 Å². The van der Waals surface area contributed by atoms with Crippen LogP contribution >= 0.6 is 34.8 Å². The Balaban J connectivity index is 0.000000141. The molecule has 0 radical (unpaired) electrons. The highest BCUT2D eigenvalue weighted by Crippen LogP contribution is 2.72. The van der Waals surface area contributed by atoms with E-state index in [2.05, 4.69) is 12.1 Å². The largest absolute Gasteiger partial charge is 0.411 e. The summed E-state index contributed by atoms with van der Waals surface area (Å²) in [5.41, 5.74) is 3.98. The highest BCUT2D eigenvalue weighted by molar-refractivity contribution is 6.32. The van der Waals surface area contributed by atoms with Crippen LogP contribution in [0.15, 0.2) is 24.3 Å². The molecule has 10 fully saturated rings. The lowest BCUT2D eigenvalue weighted by molar-refractivity contribution is -0.650. The number of alkyl halides is 4. The van der Waals surface area contributed by atoms with Gasteiger partial charge in [0.05, 0.1) is 0 Å². The first kappa shape index (κ1) is 37.4. The van der Waals surface area contributed by atoms with E-state index in [1.165, 1.54) is 6.42 Å². The summed E-state index contributed by atoms with van der Waals surface area (Å²) in [7, 11) is 1.73. The molecule has 2 heterocycles. The minimum atomic E-state index is -4.45. The molecule has 2 aliphatic heterocycles. The van der Waals surface area contributed by atoms with Gasteiger partial charge in [-0.05, 0) is 180 Å². The van der Waals surface area contributed by atoms with Crippen molar-refractivity contribution in [3.63, 3.8) is 0 Å². The number of methoxy groups -OCH3 is 1. The van der Waals surface area contributed by atoms with E-state index in [0.717, 1.165) is 90.6 Å². The molecule has 10 aliphatic rings. The predicted octanol–water partition coefficient (Wildman–Crippen LogP) is 11.1. The number of hydrogen-bond donors (Lipinski definition) is 0. The van der Waals surface area contributed by atoms with Crippen molar-refractivity contribution < 1.29 is 42.2 Å². The molecule has 6 nitrogen and oxygen atoms in total. The Morgan fingerprint density at radius 3 is 1.42 bits per heavy atom. The first-order chi connectivity index (χ1) is 25.0. The second-order valence-corrected chi connectivity index (χ2v) is 19.5. The van der Waals surface area contributed by atoms with E-state index in [0.29, 0.717) is 40.2 Å². The van der Waals surface area contributed by atoms with Crippen molar-refractivity contribution in [2.24, 2.45) is 41.4 Å². The highest BCUT2D eigenvalue weighted by Gasteiger charge is 2.79. The summed E-state index contributed by atoms with van der Waals surface area (Å²) in [5.74, 6) is 0.672. The SMILES string of the molecule is COC1(c2cc(C)c(Cl)c(C)c2)OOC12C1CC3CC2CC(Cl)(C3)C1.Cc1cc(C2(OCC(F)(F)F)OOC23C2CC4CC(C2)CC3C4)cc(C)c1Cl. The topological polar surface area (TPSA) is 55.4 Å². The number of halogens is 6. The zero-order chi connectivity index (χ0) is 37.5. The van der Waals surface area contributed by atoms with Crippen LogP contribution in [0.25, 0.3) is 0 Å². The molecule has 4 unspecified atom stereocenters. The summed E-state index contributed by atoms with van der Waals surface area (Å²) in [6.45, 7) is 6.38. The molecule has 53 heavy (non-hydrogen) atoms. The van der Waals surface area contributed by atoms with Crippen molar-refractivity contribution in [2.75, 3.05) is 13.7 Å². The first-order valence-corrected chi connectivity index (χ1v) is 20.3. The minimum absolute atomic E-state index is 0.0496. The predicted molar refractivity (Wildman–Crippen MR) is 193 cm³/mol. The van der Waals surface area contributed by atoms with Gasteiger partial charge in [-0.1, -0.05) is 23.2 Å². The van der Waals surface area contributed by atoms with Gasteiger partial charge in [0.2, 0.25) is 0 Å². The van der Waals surface area contributed by atoms with E-state index in [-0.39, 0.29) is 16.7 Å². The molecule has 2 saturated heterocycles. The van der Waals surface area contributed by atoms with Crippen molar-refractivity contribution in [3.8, 4) is 0 Å². The standard InChI is InChI=1S/C21H24ClF3O3.C20H24Cl2O3/c1-11-3-17(4-12(2)18(11)22)21(26-10-19(23,24)25)20(27-28-21)15-6-13-5-14(8-15)9-16(20)7-13;1-11-4-14(5-12(2)17(11)21)20(23-3)19(24-25-20)15-6-13-7-16(19)10-18(22,8-13)9-15/h3-4,13-16H,5-10H2,1-2H3;4-5,13,15-16H,6-10H2,1-3H3. The number of aryl methyl sites for hydroxylation is 4. The van der Waals surface area contributed by atoms with Gasteiger partial charge in [-0.25, -0.2) is 9.78 Å². The van der Waals surface area contributed by atoms with E-state index < -0.39 is 35.6 Å². The molecule has 8 saturated carbocycles. The second-order valence-electron chi connectivity index (χ2n) is 17.9. The van der Waals surface area contributed by atoms with Crippen LogP contribution in [0.1, 0.15) is 97.6 Å².